The molecule has 1 N–H and O–H groups in total. The first-order chi connectivity index (χ1) is 9.78. The lowest BCUT2D eigenvalue weighted by Crippen LogP contribution is -2.28. The summed E-state index contributed by atoms with van der Waals surface area (Å²) in [6.07, 6.45) is 3.60. The number of nitrogens with one attached hydrogen (secondary N) is 1. The maximum absolute atomic E-state index is 13.4. The van der Waals surface area contributed by atoms with E-state index in [4.69, 9.17) is 9.15 Å². The third kappa shape index (κ3) is 2.62. The van der Waals surface area contributed by atoms with Crippen LogP contribution in [0.3, 0.4) is 0 Å². The average molecular weight is 275 g/mol. The number of hydrogen-bond donors (Lipinski definition) is 1. The van der Waals surface area contributed by atoms with Gasteiger partial charge in [-0.2, -0.15) is 0 Å². The van der Waals surface area contributed by atoms with Gasteiger partial charge >= 0.3 is 0 Å². The number of hydrogen-bond acceptors (Lipinski definition) is 3. The second kappa shape index (κ2) is 5.77. The molecule has 0 radical (unpaired) electrons. The van der Waals surface area contributed by atoms with Crippen molar-refractivity contribution >= 4 is 0 Å². The van der Waals surface area contributed by atoms with E-state index in [2.05, 4.69) is 5.32 Å². The van der Waals surface area contributed by atoms with Gasteiger partial charge in [0.2, 0.25) is 0 Å². The number of furan rings is 1. The van der Waals surface area contributed by atoms with Crippen LogP contribution in [0.15, 0.2) is 41.0 Å². The highest BCUT2D eigenvalue weighted by molar-refractivity contribution is 5.35. The molecule has 1 aromatic heterocycles. The predicted molar refractivity (Wildman–Crippen MR) is 73.9 cm³/mol. The van der Waals surface area contributed by atoms with Gasteiger partial charge in [-0.05, 0) is 48.2 Å². The molecule has 1 aromatic carbocycles. The summed E-state index contributed by atoms with van der Waals surface area (Å²) in [7, 11) is 1.67. The number of benzene rings is 1. The Morgan fingerprint density at radius 2 is 2.35 bits per heavy atom. The second-order valence-electron chi connectivity index (χ2n) is 5.12. The SMILES string of the molecule is COCC(NC1CCc2ccc(F)cc21)c1ccco1. The highest BCUT2D eigenvalue weighted by Gasteiger charge is 2.26. The zero-order valence-electron chi connectivity index (χ0n) is 11.4. The van der Waals surface area contributed by atoms with Gasteiger partial charge in [0.05, 0.1) is 18.9 Å². The second-order valence-corrected chi connectivity index (χ2v) is 5.12. The molecule has 0 aliphatic heterocycles. The first-order valence-electron chi connectivity index (χ1n) is 6.84. The van der Waals surface area contributed by atoms with Crippen molar-refractivity contribution in [3.63, 3.8) is 0 Å². The van der Waals surface area contributed by atoms with Crippen LogP contribution >= 0.6 is 0 Å². The zero-order valence-corrected chi connectivity index (χ0v) is 11.4. The summed E-state index contributed by atoms with van der Waals surface area (Å²) in [4.78, 5) is 0. The first-order valence-corrected chi connectivity index (χ1v) is 6.84. The average Bonchev–Trinajstić information content (AvgIpc) is 3.08. The van der Waals surface area contributed by atoms with Crippen LogP contribution in [0.1, 0.15) is 35.4 Å². The summed E-state index contributed by atoms with van der Waals surface area (Å²) in [5.74, 6) is 0.662. The fourth-order valence-corrected chi connectivity index (χ4v) is 2.86. The molecule has 20 heavy (non-hydrogen) atoms. The van der Waals surface area contributed by atoms with Crippen LogP contribution in [0.25, 0.3) is 0 Å². The molecule has 3 nitrogen and oxygen atoms in total. The molecule has 0 fully saturated rings. The molecular formula is C16H18FNO2. The molecule has 2 unspecified atom stereocenters. The van der Waals surface area contributed by atoms with Gasteiger partial charge in [-0.25, -0.2) is 4.39 Å². The lowest BCUT2D eigenvalue weighted by atomic mass is 10.1. The minimum Gasteiger partial charge on any atom is -0.468 e. The van der Waals surface area contributed by atoms with E-state index in [0.29, 0.717) is 6.61 Å². The van der Waals surface area contributed by atoms with E-state index in [9.17, 15) is 4.39 Å². The van der Waals surface area contributed by atoms with Gasteiger partial charge in [0.15, 0.2) is 0 Å². The number of fused-ring (bicyclic) bond motifs is 1. The Morgan fingerprint density at radius 1 is 1.45 bits per heavy atom. The highest BCUT2D eigenvalue weighted by atomic mass is 19.1. The van der Waals surface area contributed by atoms with E-state index < -0.39 is 0 Å². The largest absolute Gasteiger partial charge is 0.468 e. The lowest BCUT2D eigenvalue weighted by Gasteiger charge is -2.21. The molecule has 106 valence electrons. The summed E-state index contributed by atoms with van der Waals surface area (Å²) in [5.41, 5.74) is 2.28. The van der Waals surface area contributed by atoms with E-state index >= 15 is 0 Å². The molecule has 0 amide bonds. The van der Waals surface area contributed by atoms with Gasteiger partial charge in [0.1, 0.15) is 11.6 Å². The van der Waals surface area contributed by atoms with Crippen LogP contribution < -0.4 is 5.32 Å². The van der Waals surface area contributed by atoms with Gasteiger partial charge in [-0.15, -0.1) is 0 Å². The number of rotatable bonds is 5. The topological polar surface area (TPSA) is 34.4 Å². The van der Waals surface area contributed by atoms with Gasteiger partial charge < -0.3 is 9.15 Å². The van der Waals surface area contributed by atoms with E-state index in [1.807, 2.05) is 18.2 Å². The van der Waals surface area contributed by atoms with Crippen molar-refractivity contribution in [2.45, 2.75) is 24.9 Å². The van der Waals surface area contributed by atoms with E-state index in [1.54, 1.807) is 19.4 Å². The van der Waals surface area contributed by atoms with Crippen LogP contribution in [0.4, 0.5) is 4.39 Å². The third-order valence-corrected chi connectivity index (χ3v) is 3.81. The molecule has 0 spiro atoms. The van der Waals surface area contributed by atoms with Crippen LogP contribution in [0, 0.1) is 5.82 Å². The van der Waals surface area contributed by atoms with Crippen LogP contribution in [-0.4, -0.2) is 13.7 Å². The lowest BCUT2D eigenvalue weighted by molar-refractivity contribution is 0.150. The smallest absolute Gasteiger partial charge is 0.123 e. The van der Waals surface area contributed by atoms with Crippen LogP contribution in [0.5, 0.6) is 0 Å². The monoisotopic (exact) mass is 275 g/mol. The molecule has 0 saturated heterocycles. The van der Waals surface area contributed by atoms with Gasteiger partial charge in [0, 0.05) is 13.2 Å². The van der Waals surface area contributed by atoms with Crippen molar-refractivity contribution in [3.05, 3.63) is 59.3 Å². The minimum absolute atomic E-state index is 0.0192. The molecule has 4 heteroatoms. The standard InChI is InChI=1S/C16H18FNO2/c1-19-10-15(16-3-2-8-20-16)18-14-7-5-11-4-6-12(17)9-13(11)14/h2-4,6,8-9,14-15,18H,5,7,10H2,1H3. The van der Waals surface area contributed by atoms with E-state index in [0.717, 1.165) is 24.2 Å². The maximum Gasteiger partial charge on any atom is 0.123 e. The van der Waals surface area contributed by atoms with Crippen LogP contribution in [0.2, 0.25) is 0 Å². The summed E-state index contributed by atoms with van der Waals surface area (Å²) < 4.78 is 24.1. The van der Waals surface area contributed by atoms with Gasteiger partial charge in [-0.1, -0.05) is 6.07 Å². The molecule has 2 atom stereocenters. The Balaban J connectivity index is 1.79. The summed E-state index contributed by atoms with van der Waals surface area (Å²) in [5, 5.41) is 3.52. The summed E-state index contributed by atoms with van der Waals surface area (Å²) >= 11 is 0. The molecule has 2 aromatic rings. The van der Waals surface area contributed by atoms with Gasteiger partial charge in [-0.3, -0.25) is 5.32 Å². The normalized spacial score (nSPS) is 19.0. The third-order valence-electron chi connectivity index (χ3n) is 3.81. The number of ether oxygens (including phenoxy) is 1. The Hall–Kier alpha value is -1.65. The van der Waals surface area contributed by atoms with Crippen molar-refractivity contribution in [1.29, 1.82) is 0 Å². The van der Waals surface area contributed by atoms with Crippen molar-refractivity contribution in [1.82, 2.24) is 5.32 Å². The summed E-state index contributed by atoms with van der Waals surface area (Å²) in [6.45, 7) is 0.522. The maximum atomic E-state index is 13.4. The Bertz CT molecular complexity index is 568. The van der Waals surface area contributed by atoms with Crippen molar-refractivity contribution in [2.24, 2.45) is 0 Å². The minimum atomic E-state index is -0.182. The molecule has 3 rings (SSSR count). The Morgan fingerprint density at radius 3 is 3.10 bits per heavy atom. The fraction of sp³-hybridized carbons (Fsp3) is 0.375. The predicted octanol–water partition coefficient (Wildman–Crippen LogP) is 3.38. The zero-order chi connectivity index (χ0) is 13.9. The highest BCUT2D eigenvalue weighted by Crippen LogP contribution is 2.33. The molecule has 1 heterocycles. The number of aryl methyl sites for hydroxylation is 1. The van der Waals surface area contributed by atoms with E-state index in [-0.39, 0.29) is 17.9 Å². The van der Waals surface area contributed by atoms with Crippen molar-refractivity contribution in [2.75, 3.05) is 13.7 Å². The van der Waals surface area contributed by atoms with Crippen molar-refractivity contribution in [3.8, 4) is 0 Å². The van der Waals surface area contributed by atoms with E-state index in [1.165, 1.54) is 11.6 Å². The fourth-order valence-electron chi connectivity index (χ4n) is 2.86. The van der Waals surface area contributed by atoms with Crippen molar-refractivity contribution < 1.29 is 13.5 Å². The molecule has 0 saturated carbocycles. The van der Waals surface area contributed by atoms with Crippen LogP contribution in [-0.2, 0) is 11.2 Å². The molecule has 1 aliphatic rings. The molecule has 0 bridgehead atoms. The molecule has 1 aliphatic carbocycles. The van der Waals surface area contributed by atoms with Gasteiger partial charge in [0.25, 0.3) is 0 Å². The summed E-state index contributed by atoms with van der Waals surface area (Å²) in [6, 6.07) is 8.96. The first kappa shape index (κ1) is 13.3. The number of halogens is 1. The quantitative estimate of drug-likeness (QED) is 0.908. The Labute approximate surface area is 117 Å². The Kier molecular flexibility index (Phi) is 3.85. The number of methoxy groups -OCH3 is 1. The molecular weight excluding hydrogens is 257 g/mol.